The largest absolute Gasteiger partial charge is 0.454 e. The van der Waals surface area contributed by atoms with Gasteiger partial charge in [0.1, 0.15) is 22.8 Å². The first-order valence-electron chi connectivity index (χ1n) is 25.8. The van der Waals surface area contributed by atoms with E-state index in [0.29, 0.717) is 0 Å². The molecule has 0 unspecified atom stereocenters. The highest BCUT2D eigenvalue weighted by atomic mass is 32.2. The molecule has 0 amide bonds. The SMILES string of the molecule is CC1(C)c2cc(N(c3cccc4c3oc3ccccc34)c3cccc4c3oc3ccccc34)cc3c2B(c2ccc(N(c4ccccc4)c4ccccc4)nc2S3)c2ccc(N(c3ccccc3)c3ccccc3)nc21. The van der Waals surface area contributed by atoms with E-state index >= 15 is 0 Å². The Morgan fingerprint density at radius 1 is 0.408 bits per heavy atom. The third-order valence-corrected chi connectivity index (χ3v) is 16.4. The van der Waals surface area contributed by atoms with Gasteiger partial charge in [-0.15, -0.1) is 0 Å². The van der Waals surface area contributed by atoms with Crippen molar-refractivity contribution in [1.82, 2.24) is 9.97 Å². The van der Waals surface area contributed by atoms with Gasteiger partial charge in [0, 0.05) is 66.0 Å². The third-order valence-electron chi connectivity index (χ3n) is 15.3. The Hall–Kier alpha value is -9.31. The molecule has 0 saturated carbocycles. The van der Waals surface area contributed by atoms with Gasteiger partial charge in [-0.1, -0.05) is 177 Å². The van der Waals surface area contributed by atoms with Gasteiger partial charge in [-0.25, -0.2) is 9.97 Å². The molecule has 0 N–H and O–H groups in total. The van der Waals surface area contributed by atoms with Crippen LogP contribution in [0.25, 0.3) is 43.9 Å². The maximum absolute atomic E-state index is 6.92. The summed E-state index contributed by atoms with van der Waals surface area (Å²) in [5.74, 6) is 1.68. The molecule has 0 atom stereocenters. The van der Waals surface area contributed by atoms with E-state index in [1.54, 1.807) is 11.8 Å². The lowest BCUT2D eigenvalue weighted by Gasteiger charge is -2.42. The lowest BCUT2D eigenvalue weighted by Crippen LogP contribution is -2.63. The van der Waals surface area contributed by atoms with Gasteiger partial charge < -0.3 is 13.7 Å². The summed E-state index contributed by atoms with van der Waals surface area (Å²) in [5.41, 5.74) is 15.4. The third kappa shape index (κ3) is 6.92. The molecule has 76 heavy (non-hydrogen) atoms. The minimum atomic E-state index is -0.577. The molecule has 13 aromatic rings. The Balaban J connectivity index is 0.999. The van der Waals surface area contributed by atoms with Gasteiger partial charge in [0.25, 0.3) is 0 Å². The predicted octanol–water partition coefficient (Wildman–Crippen LogP) is 16.3. The van der Waals surface area contributed by atoms with Gasteiger partial charge in [-0.05, 0) is 114 Å². The molecule has 0 aliphatic carbocycles. The van der Waals surface area contributed by atoms with Crippen LogP contribution in [0.2, 0.25) is 0 Å². The number of nitrogens with zero attached hydrogens (tertiary/aromatic N) is 5. The normalized spacial score (nSPS) is 13.2. The first kappa shape index (κ1) is 44.2. The van der Waals surface area contributed by atoms with E-state index in [1.807, 2.05) is 12.1 Å². The Bertz CT molecular complexity index is 4200. The summed E-state index contributed by atoms with van der Waals surface area (Å²) in [4.78, 5) is 19.5. The van der Waals surface area contributed by atoms with Gasteiger partial charge in [-0.2, -0.15) is 0 Å². The fourth-order valence-corrected chi connectivity index (χ4v) is 13.1. The Morgan fingerprint density at radius 3 is 1.37 bits per heavy atom. The van der Waals surface area contributed by atoms with Crippen LogP contribution in [0.1, 0.15) is 25.1 Å². The first-order chi connectivity index (χ1) is 37.5. The number of benzene rings is 9. The monoisotopic (exact) mass is 995 g/mol. The summed E-state index contributed by atoms with van der Waals surface area (Å²) in [7, 11) is 0. The van der Waals surface area contributed by atoms with Crippen molar-refractivity contribution in [2.75, 3.05) is 14.7 Å². The summed E-state index contributed by atoms with van der Waals surface area (Å²) in [6, 6.07) is 85.5. The van der Waals surface area contributed by atoms with E-state index in [0.717, 1.165) is 116 Å². The van der Waals surface area contributed by atoms with Crippen molar-refractivity contribution < 1.29 is 8.83 Å². The fraction of sp³-hybridized carbons (Fsp3) is 0.0448. The zero-order chi connectivity index (χ0) is 50.5. The summed E-state index contributed by atoms with van der Waals surface area (Å²) in [6.45, 7) is 4.53. The molecule has 4 aromatic heterocycles. The molecule has 7 nitrogen and oxygen atoms in total. The first-order valence-corrected chi connectivity index (χ1v) is 26.6. The van der Waals surface area contributed by atoms with E-state index in [2.05, 4.69) is 259 Å². The van der Waals surface area contributed by atoms with E-state index in [-0.39, 0.29) is 6.71 Å². The zero-order valence-corrected chi connectivity index (χ0v) is 42.4. The van der Waals surface area contributed by atoms with E-state index in [4.69, 9.17) is 18.8 Å². The molecule has 0 bridgehead atoms. The summed E-state index contributed by atoms with van der Waals surface area (Å²) in [5, 5.41) is 5.17. The molecular formula is C67H46BN5O2S. The summed E-state index contributed by atoms with van der Waals surface area (Å²) < 4.78 is 13.8. The lowest BCUT2D eigenvalue weighted by molar-refractivity contribution is 0.621. The second kappa shape index (κ2) is 17.4. The number of pyridine rings is 2. The van der Waals surface area contributed by atoms with Gasteiger partial charge in [0.05, 0.1) is 16.4 Å². The van der Waals surface area contributed by atoms with E-state index in [9.17, 15) is 0 Å². The smallest absolute Gasteiger partial charge is 0.249 e. The average Bonchev–Trinajstić information content (AvgIpc) is 4.06. The lowest BCUT2D eigenvalue weighted by atomic mass is 9.32. The number of furan rings is 2. The molecule has 9 aromatic carbocycles. The molecule has 0 radical (unpaired) electrons. The molecule has 0 saturated heterocycles. The van der Waals surface area contributed by atoms with Crippen molar-refractivity contribution in [2.45, 2.75) is 29.2 Å². The highest BCUT2D eigenvalue weighted by Gasteiger charge is 2.47. The van der Waals surface area contributed by atoms with Gasteiger partial charge in [0.15, 0.2) is 11.2 Å². The Labute approximate surface area is 444 Å². The van der Waals surface area contributed by atoms with Crippen LogP contribution in [0.3, 0.4) is 0 Å². The number of aromatic nitrogens is 2. The van der Waals surface area contributed by atoms with Crippen LogP contribution >= 0.6 is 11.8 Å². The topological polar surface area (TPSA) is 61.8 Å². The van der Waals surface area contributed by atoms with Crippen molar-refractivity contribution in [1.29, 1.82) is 0 Å². The second-order valence-electron chi connectivity index (χ2n) is 20.1. The van der Waals surface area contributed by atoms with E-state index < -0.39 is 5.41 Å². The van der Waals surface area contributed by atoms with Crippen LogP contribution in [-0.4, -0.2) is 16.7 Å². The minimum Gasteiger partial charge on any atom is -0.454 e. The number of anilines is 9. The van der Waals surface area contributed by atoms with Crippen LogP contribution in [0.4, 0.5) is 51.4 Å². The van der Waals surface area contributed by atoms with Crippen LogP contribution in [0.5, 0.6) is 0 Å². The molecule has 360 valence electrons. The molecule has 15 rings (SSSR count). The molecule has 0 spiro atoms. The standard InChI is InChI=1S/C67H46BN5O2S/c1-67(2)52-41-47(73(55-33-19-31-50-48-29-15-17-35-57(48)74-63(50)55)56-34-20-32-51-49-30-16-18-36-58(49)75-64(51)56)42-59-62(52)68(53-37-39-60(69-65(53)67)71(43-21-7-3-8-22-43)44-23-9-4-10-24-44)54-38-40-61(70-66(54)76-59)72(45-25-11-5-12-26-45)46-27-13-6-14-28-46/h3-42H,1-2H3. The van der Waals surface area contributed by atoms with Crippen LogP contribution in [0, 0.1) is 0 Å². The van der Waals surface area contributed by atoms with Gasteiger partial charge in [0.2, 0.25) is 6.71 Å². The molecule has 9 heteroatoms. The fourth-order valence-electron chi connectivity index (χ4n) is 11.9. The van der Waals surface area contributed by atoms with Crippen LogP contribution in [0.15, 0.2) is 261 Å². The van der Waals surface area contributed by atoms with Gasteiger partial charge in [-0.3, -0.25) is 9.80 Å². The molecular weight excluding hydrogens is 950 g/mol. The van der Waals surface area contributed by atoms with Crippen molar-refractivity contribution >= 4 is 130 Å². The second-order valence-corrected chi connectivity index (χ2v) is 21.1. The van der Waals surface area contributed by atoms with Crippen molar-refractivity contribution in [3.8, 4) is 0 Å². The zero-order valence-electron chi connectivity index (χ0n) is 41.6. The number of fused-ring (bicyclic) bond motifs is 10. The maximum Gasteiger partial charge on any atom is 0.249 e. The quantitative estimate of drug-likeness (QED) is 0.133. The predicted molar refractivity (Wildman–Crippen MR) is 314 cm³/mol. The van der Waals surface area contributed by atoms with Crippen LogP contribution < -0.4 is 31.1 Å². The van der Waals surface area contributed by atoms with Gasteiger partial charge >= 0.3 is 0 Å². The maximum atomic E-state index is 6.92. The molecule has 0 fully saturated rings. The number of rotatable bonds is 9. The van der Waals surface area contributed by atoms with Crippen molar-refractivity contribution in [3.05, 3.63) is 254 Å². The summed E-state index contributed by atoms with van der Waals surface area (Å²) in [6.07, 6.45) is 0. The van der Waals surface area contributed by atoms with Crippen molar-refractivity contribution in [3.63, 3.8) is 0 Å². The average molecular weight is 996 g/mol. The Kier molecular flexibility index (Phi) is 10.1. The summed E-state index contributed by atoms with van der Waals surface area (Å²) >= 11 is 1.75. The highest BCUT2D eigenvalue weighted by molar-refractivity contribution is 8.00. The number of para-hydroxylation sites is 8. The molecule has 2 aliphatic heterocycles. The van der Waals surface area contributed by atoms with Crippen molar-refractivity contribution in [2.24, 2.45) is 0 Å². The highest BCUT2D eigenvalue weighted by Crippen LogP contribution is 2.50. The molecule has 2 aliphatic rings. The number of hydrogen-bond acceptors (Lipinski definition) is 8. The minimum absolute atomic E-state index is 0.156. The number of hydrogen-bond donors (Lipinski definition) is 0. The van der Waals surface area contributed by atoms with Crippen LogP contribution in [-0.2, 0) is 5.41 Å². The molecule has 6 heterocycles. The van der Waals surface area contributed by atoms with E-state index in [1.165, 1.54) is 16.5 Å². The Morgan fingerprint density at radius 2 is 0.855 bits per heavy atom.